The molecule has 0 rings (SSSR count). The monoisotopic (exact) mass is 82.0 g/mol. The molecule has 0 aromatic rings. The van der Waals surface area contributed by atoms with Gasteiger partial charge in [-0.05, 0) is 0 Å². The summed E-state index contributed by atoms with van der Waals surface area (Å²) < 4.78 is 0. The van der Waals surface area contributed by atoms with Crippen LogP contribution in [-0.4, -0.2) is 10.2 Å². The van der Waals surface area contributed by atoms with E-state index >= 15 is 0 Å². The van der Waals surface area contributed by atoms with Crippen LogP contribution in [0.1, 0.15) is 6.42 Å². The van der Waals surface area contributed by atoms with Crippen LogP contribution in [-0.2, 0) is 0 Å². The average Bonchev–Trinajstić information content (AvgIpc) is 1.41. The Bertz CT molecular complexity index is 45.3. The van der Waals surface area contributed by atoms with Gasteiger partial charge < -0.3 is 0 Å². The summed E-state index contributed by atoms with van der Waals surface area (Å²) in [5, 5.41) is 7.79. The van der Waals surface area contributed by atoms with Crippen molar-refractivity contribution in [2.45, 2.75) is 12.5 Å². The molecule has 0 aliphatic rings. The maximum Gasteiger partial charge on any atom is 0.0618 e. The summed E-state index contributed by atoms with van der Waals surface area (Å²) in [5.74, 6) is 0. The molecule has 2 heteroatoms. The smallest absolute Gasteiger partial charge is 0.0618 e. The molecular formula is C3H4NSi. The van der Waals surface area contributed by atoms with E-state index in [0.29, 0.717) is 6.42 Å². The molecule has 3 radical (unpaired) electrons. The Hall–Kier alpha value is -0.293. The summed E-state index contributed by atoms with van der Waals surface area (Å²) in [6.45, 7) is 0. The van der Waals surface area contributed by atoms with E-state index in [0.717, 1.165) is 6.04 Å². The highest BCUT2D eigenvalue weighted by Crippen LogP contribution is 1.74. The molecule has 1 nitrogen and oxygen atoms in total. The molecule has 0 aliphatic heterocycles. The van der Waals surface area contributed by atoms with Crippen LogP contribution in [0, 0.1) is 11.3 Å². The second-order valence-corrected chi connectivity index (χ2v) is 1.16. The predicted molar refractivity (Wildman–Crippen MR) is 20.8 cm³/mol. The van der Waals surface area contributed by atoms with Gasteiger partial charge in [0.25, 0.3) is 0 Å². The van der Waals surface area contributed by atoms with Crippen LogP contribution < -0.4 is 0 Å². The summed E-state index contributed by atoms with van der Waals surface area (Å²) in [7, 11) is 3.13. The molecule has 0 fully saturated rings. The third-order valence-electron chi connectivity index (χ3n) is 0.237. The molecule has 0 amide bonds. The Morgan fingerprint density at radius 2 is 2.40 bits per heavy atom. The van der Waals surface area contributed by atoms with Gasteiger partial charge in [0, 0.05) is 16.7 Å². The Morgan fingerprint density at radius 3 is 2.40 bits per heavy atom. The first-order valence-electron chi connectivity index (χ1n) is 1.43. The second-order valence-electron chi connectivity index (χ2n) is 0.658. The fourth-order valence-corrected chi connectivity index (χ4v) is 0.168. The highest BCUT2D eigenvalue weighted by Gasteiger charge is 1.66. The lowest BCUT2D eigenvalue weighted by molar-refractivity contribution is 1.21. The van der Waals surface area contributed by atoms with Crippen molar-refractivity contribution in [3.63, 3.8) is 0 Å². The van der Waals surface area contributed by atoms with Crippen LogP contribution in [0.15, 0.2) is 0 Å². The fourth-order valence-electron chi connectivity index (χ4n) is 0.0559. The number of rotatable bonds is 1. The summed E-state index contributed by atoms with van der Waals surface area (Å²) in [6, 6.07) is 2.76. The van der Waals surface area contributed by atoms with Gasteiger partial charge in [-0.1, -0.05) is 6.04 Å². The van der Waals surface area contributed by atoms with Crippen LogP contribution >= 0.6 is 0 Å². The first kappa shape index (κ1) is 4.71. The maximum absolute atomic E-state index is 7.79. The van der Waals surface area contributed by atoms with Crippen molar-refractivity contribution in [3.8, 4) is 6.07 Å². The molecule has 0 saturated carbocycles. The summed E-state index contributed by atoms with van der Waals surface area (Å²) in [5.41, 5.74) is 0. The lowest BCUT2D eigenvalue weighted by Gasteiger charge is -1.65. The average molecular weight is 82.2 g/mol. The first-order valence-corrected chi connectivity index (χ1v) is 2.14. The van der Waals surface area contributed by atoms with Crippen molar-refractivity contribution in [2.24, 2.45) is 0 Å². The second kappa shape index (κ2) is 3.71. The molecular weight excluding hydrogens is 78.1 g/mol. The molecule has 0 aromatic heterocycles. The summed E-state index contributed by atoms with van der Waals surface area (Å²) >= 11 is 0. The highest BCUT2D eigenvalue weighted by molar-refractivity contribution is 6.08. The third kappa shape index (κ3) is 3.71. The van der Waals surface area contributed by atoms with Gasteiger partial charge in [-0.2, -0.15) is 5.26 Å². The van der Waals surface area contributed by atoms with E-state index in [1.54, 1.807) is 0 Å². The van der Waals surface area contributed by atoms with Gasteiger partial charge in [0.1, 0.15) is 0 Å². The van der Waals surface area contributed by atoms with Crippen molar-refractivity contribution < 1.29 is 0 Å². The topological polar surface area (TPSA) is 23.8 Å². The van der Waals surface area contributed by atoms with Gasteiger partial charge in [0.05, 0.1) is 6.07 Å². The summed E-state index contributed by atoms with van der Waals surface area (Å²) in [6.07, 6.45) is 0.608. The van der Waals surface area contributed by atoms with E-state index in [2.05, 4.69) is 10.2 Å². The zero-order valence-electron chi connectivity index (χ0n) is 2.86. The van der Waals surface area contributed by atoms with E-state index in [4.69, 9.17) is 5.26 Å². The van der Waals surface area contributed by atoms with Crippen LogP contribution in [0.25, 0.3) is 0 Å². The Kier molecular flexibility index (Phi) is 3.49. The molecule has 0 atom stereocenters. The van der Waals surface area contributed by atoms with Gasteiger partial charge in [-0.3, -0.25) is 0 Å². The van der Waals surface area contributed by atoms with E-state index < -0.39 is 0 Å². The molecule has 0 unspecified atom stereocenters. The molecule has 0 spiro atoms. The Labute approximate surface area is 35.0 Å². The van der Waals surface area contributed by atoms with Gasteiger partial charge in [0.15, 0.2) is 0 Å². The minimum absolute atomic E-state index is 0.608. The normalized spacial score (nSPS) is 6.40. The van der Waals surface area contributed by atoms with Crippen LogP contribution in [0.2, 0.25) is 6.04 Å². The van der Waals surface area contributed by atoms with E-state index in [1.165, 1.54) is 0 Å². The van der Waals surface area contributed by atoms with E-state index in [1.807, 2.05) is 6.07 Å². The largest absolute Gasteiger partial charge is 0.198 e. The van der Waals surface area contributed by atoms with Crippen molar-refractivity contribution in [1.29, 1.82) is 5.26 Å². The number of hydrogen-bond donors (Lipinski definition) is 0. The molecule has 0 heterocycles. The van der Waals surface area contributed by atoms with Crippen molar-refractivity contribution in [3.05, 3.63) is 0 Å². The SMILES string of the molecule is N#CCC[Si]. The van der Waals surface area contributed by atoms with Crippen LogP contribution in [0.3, 0.4) is 0 Å². The minimum Gasteiger partial charge on any atom is -0.198 e. The zero-order valence-corrected chi connectivity index (χ0v) is 3.86. The van der Waals surface area contributed by atoms with Crippen molar-refractivity contribution in [2.75, 3.05) is 0 Å². The van der Waals surface area contributed by atoms with E-state index in [-0.39, 0.29) is 0 Å². The van der Waals surface area contributed by atoms with Crippen LogP contribution in [0.4, 0.5) is 0 Å². The lowest BCUT2D eigenvalue weighted by atomic mass is 10.6. The quantitative estimate of drug-likeness (QED) is 0.422. The summed E-state index contributed by atoms with van der Waals surface area (Å²) in [4.78, 5) is 0. The molecule has 5 heavy (non-hydrogen) atoms. The maximum atomic E-state index is 7.79. The van der Waals surface area contributed by atoms with Gasteiger partial charge in [0.2, 0.25) is 0 Å². The Morgan fingerprint density at radius 1 is 1.80 bits per heavy atom. The number of nitrogens with zero attached hydrogens (tertiary/aromatic N) is 1. The predicted octanol–water partition coefficient (Wildman–Crippen LogP) is 0.487. The number of hydrogen-bond acceptors (Lipinski definition) is 1. The zero-order chi connectivity index (χ0) is 4.12. The minimum atomic E-state index is 0.608. The van der Waals surface area contributed by atoms with Gasteiger partial charge >= 0.3 is 0 Å². The molecule has 0 bridgehead atoms. The van der Waals surface area contributed by atoms with Gasteiger partial charge in [-0.25, -0.2) is 0 Å². The highest BCUT2D eigenvalue weighted by atomic mass is 28.1. The fraction of sp³-hybridized carbons (Fsp3) is 0.667. The standard InChI is InChI=1S/C3H4NSi/c4-2-1-3-5/h1,3H2. The van der Waals surface area contributed by atoms with Gasteiger partial charge in [-0.15, -0.1) is 0 Å². The van der Waals surface area contributed by atoms with E-state index in [9.17, 15) is 0 Å². The lowest BCUT2D eigenvalue weighted by Crippen LogP contribution is -1.59. The molecule has 0 saturated heterocycles. The third-order valence-corrected chi connectivity index (χ3v) is 0.487. The first-order chi connectivity index (χ1) is 2.41. The van der Waals surface area contributed by atoms with Crippen LogP contribution in [0.5, 0.6) is 0 Å². The molecule has 25 valence electrons. The number of nitriles is 1. The Balaban J connectivity index is 2.48. The molecule has 0 aromatic carbocycles. The molecule has 0 N–H and O–H groups in total. The molecule has 0 aliphatic carbocycles. The van der Waals surface area contributed by atoms with Crippen molar-refractivity contribution >= 4 is 10.2 Å². The van der Waals surface area contributed by atoms with Crippen molar-refractivity contribution in [1.82, 2.24) is 0 Å².